The van der Waals surface area contributed by atoms with Crippen LogP contribution in [-0.2, 0) is 4.74 Å². The average Bonchev–Trinajstić information content (AvgIpc) is 2.20. The Bertz CT molecular complexity index is 253. The van der Waals surface area contributed by atoms with Crippen LogP contribution in [0, 0.1) is 0 Å². The maximum absolute atomic E-state index is 5.59. The van der Waals surface area contributed by atoms with Crippen LogP contribution in [0.1, 0.15) is 25.7 Å². The lowest BCUT2D eigenvalue weighted by atomic mass is 10.1. The minimum Gasteiger partial charge on any atom is -0.385 e. The fourth-order valence-electron chi connectivity index (χ4n) is 1.39. The van der Waals surface area contributed by atoms with Gasteiger partial charge in [0.05, 0.1) is 0 Å². The van der Waals surface area contributed by atoms with Crippen LogP contribution >= 0.6 is 11.8 Å². The molecule has 0 atom stereocenters. The largest absolute Gasteiger partial charge is 0.385 e. The summed E-state index contributed by atoms with van der Waals surface area (Å²) in [5.74, 6) is 0. The van der Waals surface area contributed by atoms with Crippen molar-refractivity contribution in [3.05, 3.63) is 11.1 Å². The molecule has 15 heavy (non-hydrogen) atoms. The van der Waals surface area contributed by atoms with E-state index in [9.17, 15) is 0 Å². The van der Waals surface area contributed by atoms with Crippen molar-refractivity contribution < 1.29 is 4.74 Å². The van der Waals surface area contributed by atoms with Gasteiger partial charge in [-0.3, -0.25) is 5.01 Å². The van der Waals surface area contributed by atoms with Crippen LogP contribution in [0.3, 0.4) is 0 Å². The zero-order valence-electron chi connectivity index (χ0n) is 9.40. The van der Waals surface area contributed by atoms with Crippen molar-refractivity contribution in [3.8, 4) is 0 Å². The number of hydrogen-bond acceptors (Lipinski definition) is 5. The third kappa shape index (κ3) is 4.57. The molecular formula is C10H19N3OS. The molecule has 5 heteroatoms. The van der Waals surface area contributed by atoms with Crippen molar-refractivity contribution in [2.24, 2.45) is 10.8 Å². The summed E-state index contributed by atoms with van der Waals surface area (Å²) in [4.78, 5) is 0. The highest BCUT2D eigenvalue weighted by atomic mass is 32.2. The molecule has 0 unspecified atom stereocenters. The van der Waals surface area contributed by atoms with Gasteiger partial charge in [-0.15, -0.1) is 5.10 Å². The number of methoxy groups -OCH3 is 1. The summed E-state index contributed by atoms with van der Waals surface area (Å²) in [6.45, 7) is 0.856. The molecule has 0 bridgehead atoms. The van der Waals surface area contributed by atoms with Crippen molar-refractivity contribution in [2.75, 3.05) is 20.8 Å². The summed E-state index contributed by atoms with van der Waals surface area (Å²) in [6, 6.07) is 0. The first-order chi connectivity index (χ1) is 7.24. The Kier molecular flexibility index (Phi) is 5.57. The molecule has 0 aliphatic carbocycles. The zero-order chi connectivity index (χ0) is 11.1. The molecule has 0 saturated carbocycles. The molecular weight excluding hydrogens is 210 g/mol. The quantitative estimate of drug-likeness (QED) is 0.707. The third-order valence-electron chi connectivity index (χ3n) is 2.26. The van der Waals surface area contributed by atoms with Crippen LogP contribution in [-0.4, -0.2) is 30.9 Å². The fourth-order valence-corrected chi connectivity index (χ4v) is 2.09. The minimum atomic E-state index is 0.612. The first kappa shape index (κ1) is 12.4. The van der Waals surface area contributed by atoms with Gasteiger partial charge in [-0.05, 0) is 19.3 Å². The summed E-state index contributed by atoms with van der Waals surface area (Å²) in [7, 11) is 3.68. The number of allylic oxidation sites excluding steroid dienone is 1. The topological polar surface area (TPSA) is 50.9 Å². The Morgan fingerprint density at radius 3 is 2.93 bits per heavy atom. The fraction of sp³-hybridized carbons (Fsp3) is 0.700. The van der Waals surface area contributed by atoms with E-state index in [2.05, 4.69) is 10.5 Å². The number of amidine groups is 1. The lowest BCUT2D eigenvalue weighted by Gasteiger charge is -2.21. The molecule has 0 aromatic carbocycles. The minimum absolute atomic E-state index is 0.612. The van der Waals surface area contributed by atoms with Gasteiger partial charge in [-0.2, -0.15) is 0 Å². The molecule has 0 fully saturated rings. The maximum atomic E-state index is 5.59. The highest BCUT2D eigenvalue weighted by Gasteiger charge is 2.09. The highest BCUT2D eigenvalue weighted by Crippen LogP contribution is 2.21. The number of thioether (sulfide) groups is 1. The highest BCUT2D eigenvalue weighted by molar-refractivity contribution is 8.16. The van der Waals surface area contributed by atoms with E-state index in [4.69, 9.17) is 10.5 Å². The standard InChI is InChI=1S/C10H19N3OS/c1-13-9(8-15-10(11)12-13)6-4-3-5-7-14-2/h8H,3-7H2,1-2H3,(H2,11,12). The first-order valence-corrected chi connectivity index (χ1v) is 6.04. The smallest absolute Gasteiger partial charge is 0.182 e. The number of unbranched alkanes of at least 4 members (excludes halogenated alkanes) is 2. The molecule has 86 valence electrons. The Morgan fingerprint density at radius 1 is 1.47 bits per heavy atom. The molecule has 1 aliphatic heterocycles. The van der Waals surface area contributed by atoms with Crippen LogP contribution in [0.2, 0.25) is 0 Å². The molecule has 0 amide bonds. The molecule has 0 aromatic heterocycles. The van der Waals surface area contributed by atoms with E-state index in [0.717, 1.165) is 19.4 Å². The Hall–Kier alpha value is -0.680. The molecule has 1 aliphatic rings. The zero-order valence-corrected chi connectivity index (χ0v) is 10.2. The predicted molar refractivity (Wildman–Crippen MR) is 65.4 cm³/mol. The van der Waals surface area contributed by atoms with E-state index < -0.39 is 0 Å². The van der Waals surface area contributed by atoms with Crippen LogP contribution < -0.4 is 5.73 Å². The van der Waals surface area contributed by atoms with Crippen molar-refractivity contribution in [3.63, 3.8) is 0 Å². The first-order valence-electron chi connectivity index (χ1n) is 5.16. The molecule has 2 N–H and O–H groups in total. The second-order valence-electron chi connectivity index (χ2n) is 3.49. The molecule has 1 heterocycles. The van der Waals surface area contributed by atoms with Crippen molar-refractivity contribution >= 4 is 16.9 Å². The van der Waals surface area contributed by atoms with Crippen molar-refractivity contribution in [2.45, 2.75) is 25.7 Å². The van der Waals surface area contributed by atoms with Gasteiger partial charge in [0.25, 0.3) is 0 Å². The van der Waals surface area contributed by atoms with Crippen LogP contribution in [0.25, 0.3) is 0 Å². The molecule has 0 spiro atoms. The molecule has 4 nitrogen and oxygen atoms in total. The SMILES string of the molecule is COCCCCCC1=CSC(N)=NN1C. The van der Waals surface area contributed by atoms with Gasteiger partial charge >= 0.3 is 0 Å². The third-order valence-corrected chi connectivity index (χ3v) is 2.97. The van der Waals surface area contributed by atoms with Crippen LogP contribution in [0.4, 0.5) is 0 Å². The van der Waals surface area contributed by atoms with E-state index in [1.54, 1.807) is 7.11 Å². The van der Waals surface area contributed by atoms with E-state index >= 15 is 0 Å². The number of hydrazone groups is 1. The van der Waals surface area contributed by atoms with E-state index in [-0.39, 0.29) is 0 Å². The monoisotopic (exact) mass is 229 g/mol. The molecule has 0 aromatic rings. The molecule has 0 radical (unpaired) electrons. The number of nitrogens with two attached hydrogens (primary N) is 1. The summed E-state index contributed by atoms with van der Waals surface area (Å²) >= 11 is 1.50. The second kappa shape index (κ2) is 6.74. The van der Waals surface area contributed by atoms with Crippen LogP contribution in [0.15, 0.2) is 16.2 Å². The average molecular weight is 229 g/mol. The van der Waals surface area contributed by atoms with Gasteiger partial charge in [-0.25, -0.2) is 0 Å². The number of hydrogen-bond donors (Lipinski definition) is 1. The number of rotatable bonds is 6. The van der Waals surface area contributed by atoms with Gasteiger partial charge in [-0.1, -0.05) is 18.2 Å². The summed E-state index contributed by atoms with van der Waals surface area (Å²) in [6.07, 6.45) is 4.56. The van der Waals surface area contributed by atoms with Gasteiger partial charge in [0.1, 0.15) is 0 Å². The number of ether oxygens (including phenoxy) is 1. The Morgan fingerprint density at radius 2 is 2.27 bits per heavy atom. The summed E-state index contributed by atoms with van der Waals surface area (Å²) < 4.78 is 5.00. The van der Waals surface area contributed by atoms with Gasteiger partial charge < -0.3 is 10.5 Å². The summed E-state index contributed by atoms with van der Waals surface area (Å²) in [5.41, 5.74) is 6.83. The van der Waals surface area contributed by atoms with Crippen molar-refractivity contribution in [1.29, 1.82) is 0 Å². The van der Waals surface area contributed by atoms with E-state index in [0.29, 0.717) is 5.17 Å². The maximum Gasteiger partial charge on any atom is 0.182 e. The van der Waals surface area contributed by atoms with Gasteiger partial charge in [0.15, 0.2) is 5.17 Å². The number of nitrogens with zero attached hydrogens (tertiary/aromatic N) is 2. The van der Waals surface area contributed by atoms with E-state index in [1.807, 2.05) is 12.1 Å². The van der Waals surface area contributed by atoms with Gasteiger partial charge in [0, 0.05) is 31.9 Å². The Balaban J connectivity index is 2.17. The lowest BCUT2D eigenvalue weighted by molar-refractivity contribution is 0.192. The normalized spacial score (nSPS) is 16.3. The molecule has 1 rings (SSSR count). The van der Waals surface area contributed by atoms with E-state index in [1.165, 1.54) is 30.3 Å². The molecule has 0 saturated heterocycles. The summed E-state index contributed by atoms with van der Waals surface area (Å²) in [5, 5.41) is 8.73. The van der Waals surface area contributed by atoms with Gasteiger partial charge in [0.2, 0.25) is 0 Å². The predicted octanol–water partition coefficient (Wildman–Crippen LogP) is 1.94. The van der Waals surface area contributed by atoms with Crippen LogP contribution in [0.5, 0.6) is 0 Å². The second-order valence-corrected chi connectivity index (χ2v) is 4.38. The van der Waals surface area contributed by atoms with Crippen molar-refractivity contribution in [1.82, 2.24) is 5.01 Å². The lowest BCUT2D eigenvalue weighted by Crippen LogP contribution is -2.20. The Labute approximate surface area is 95.5 Å².